The lowest BCUT2D eigenvalue weighted by atomic mass is 9.88. The predicted octanol–water partition coefficient (Wildman–Crippen LogP) is 6.38. The normalized spacial score (nSPS) is 14.5. The van der Waals surface area contributed by atoms with Gasteiger partial charge in [0.25, 0.3) is 0 Å². The molecule has 2 amide bonds. The number of aryl methyl sites for hydroxylation is 1. The number of benzene rings is 3. The fraction of sp³-hybridized carbons (Fsp3) is 0.375. The van der Waals surface area contributed by atoms with Gasteiger partial charge >= 0.3 is 0 Å². The number of nitrogens with zero attached hydrogens (tertiary/aromatic N) is 1. The van der Waals surface area contributed by atoms with Crippen LogP contribution < -0.4 is 5.32 Å². The van der Waals surface area contributed by atoms with E-state index >= 15 is 0 Å². The maximum Gasteiger partial charge on any atom is 0.243 e. The summed E-state index contributed by atoms with van der Waals surface area (Å²) in [6.45, 7) is 4.48. The number of nitrogens with one attached hydrogen (secondary N) is 1. The minimum atomic E-state index is -0.494. The van der Waals surface area contributed by atoms with Gasteiger partial charge in [-0.25, -0.2) is 0 Å². The molecule has 0 saturated heterocycles. The predicted molar refractivity (Wildman–Crippen MR) is 146 cm³/mol. The molecule has 1 atom stereocenters. The van der Waals surface area contributed by atoms with Crippen molar-refractivity contribution in [1.29, 1.82) is 0 Å². The molecule has 1 aliphatic rings. The van der Waals surface area contributed by atoms with Gasteiger partial charge in [-0.1, -0.05) is 110 Å². The molecule has 36 heavy (non-hydrogen) atoms. The molecule has 188 valence electrons. The standard InChI is InChI=1S/C32H38N2O2/c1-3-30(32(36)33-28-16-10-11-17-28)34(23-25-20-18-24(2)19-21-25)31(35)22-29(26-12-6-4-7-13-26)27-14-8-5-9-15-27/h4-9,12-15,18-21,28-30H,3,10-11,16-17,22-23H2,1-2H3,(H,33,36)/t30-/m0/s1. The molecule has 0 spiro atoms. The molecule has 0 aromatic heterocycles. The summed E-state index contributed by atoms with van der Waals surface area (Å²) in [4.78, 5) is 29.3. The van der Waals surface area contributed by atoms with Crippen LogP contribution in [0.4, 0.5) is 0 Å². The Morgan fingerprint density at radius 2 is 1.42 bits per heavy atom. The van der Waals surface area contributed by atoms with Crippen LogP contribution in [0.15, 0.2) is 84.9 Å². The molecule has 3 aromatic rings. The van der Waals surface area contributed by atoms with Crippen LogP contribution >= 0.6 is 0 Å². The van der Waals surface area contributed by atoms with E-state index < -0.39 is 6.04 Å². The topological polar surface area (TPSA) is 49.4 Å². The number of hydrogen-bond donors (Lipinski definition) is 1. The smallest absolute Gasteiger partial charge is 0.243 e. The molecule has 0 radical (unpaired) electrons. The van der Waals surface area contributed by atoms with Gasteiger partial charge in [0.15, 0.2) is 0 Å². The Morgan fingerprint density at radius 3 is 1.94 bits per heavy atom. The van der Waals surface area contributed by atoms with Crippen LogP contribution in [0.2, 0.25) is 0 Å². The highest BCUT2D eigenvalue weighted by atomic mass is 16.2. The molecule has 0 bridgehead atoms. The lowest BCUT2D eigenvalue weighted by molar-refractivity contribution is -0.141. The van der Waals surface area contributed by atoms with Crippen LogP contribution in [0.1, 0.15) is 73.6 Å². The maximum atomic E-state index is 14.1. The van der Waals surface area contributed by atoms with Gasteiger partial charge < -0.3 is 10.2 Å². The number of amides is 2. The van der Waals surface area contributed by atoms with E-state index in [9.17, 15) is 9.59 Å². The Kier molecular flexibility index (Phi) is 8.94. The fourth-order valence-electron chi connectivity index (χ4n) is 5.27. The molecule has 1 saturated carbocycles. The Morgan fingerprint density at radius 1 is 0.861 bits per heavy atom. The van der Waals surface area contributed by atoms with Gasteiger partial charge in [-0.2, -0.15) is 0 Å². The number of carbonyl (C=O) groups is 2. The molecule has 3 aromatic carbocycles. The van der Waals surface area contributed by atoms with E-state index in [0.717, 1.165) is 42.4 Å². The Labute approximate surface area is 215 Å². The third-order valence-electron chi connectivity index (χ3n) is 7.34. The molecule has 4 rings (SSSR count). The zero-order valence-electron chi connectivity index (χ0n) is 21.5. The first-order chi connectivity index (χ1) is 17.5. The van der Waals surface area contributed by atoms with Gasteiger partial charge in [-0.05, 0) is 42.9 Å². The Balaban J connectivity index is 1.62. The molecule has 1 N–H and O–H groups in total. The summed E-state index contributed by atoms with van der Waals surface area (Å²) in [6.07, 6.45) is 5.26. The van der Waals surface area contributed by atoms with E-state index in [2.05, 4.69) is 60.8 Å². The number of rotatable bonds is 10. The van der Waals surface area contributed by atoms with Gasteiger partial charge in [-0.15, -0.1) is 0 Å². The lowest BCUT2D eigenvalue weighted by Gasteiger charge is -2.33. The second kappa shape index (κ2) is 12.5. The maximum absolute atomic E-state index is 14.1. The van der Waals surface area contributed by atoms with Crippen molar-refractivity contribution in [3.05, 3.63) is 107 Å². The molecule has 0 aliphatic heterocycles. The number of carbonyl (C=O) groups excluding carboxylic acids is 2. The van der Waals surface area contributed by atoms with E-state index in [1.807, 2.05) is 48.2 Å². The van der Waals surface area contributed by atoms with Crippen LogP contribution in [-0.4, -0.2) is 28.8 Å². The Hall–Kier alpha value is -3.40. The van der Waals surface area contributed by atoms with E-state index in [4.69, 9.17) is 0 Å². The molecular formula is C32H38N2O2. The average molecular weight is 483 g/mol. The van der Waals surface area contributed by atoms with Gasteiger partial charge in [-0.3, -0.25) is 9.59 Å². The van der Waals surface area contributed by atoms with Crippen LogP contribution in [0.5, 0.6) is 0 Å². The van der Waals surface area contributed by atoms with Crippen molar-refractivity contribution in [1.82, 2.24) is 10.2 Å². The SMILES string of the molecule is CC[C@@H](C(=O)NC1CCCC1)N(Cc1ccc(C)cc1)C(=O)CC(c1ccccc1)c1ccccc1. The molecular weight excluding hydrogens is 444 g/mol. The van der Waals surface area contributed by atoms with Gasteiger partial charge in [0, 0.05) is 24.9 Å². The van der Waals surface area contributed by atoms with Crippen molar-refractivity contribution in [2.24, 2.45) is 0 Å². The highest BCUT2D eigenvalue weighted by Gasteiger charge is 2.32. The monoisotopic (exact) mass is 482 g/mol. The first-order valence-electron chi connectivity index (χ1n) is 13.3. The first-order valence-corrected chi connectivity index (χ1v) is 13.3. The van der Waals surface area contributed by atoms with Gasteiger partial charge in [0.05, 0.1) is 0 Å². The average Bonchev–Trinajstić information content (AvgIpc) is 3.42. The minimum absolute atomic E-state index is 0.00158. The quantitative estimate of drug-likeness (QED) is 0.364. The second-order valence-corrected chi connectivity index (χ2v) is 10.00. The van der Waals surface area contributed by atoms with Crippen LogP contribution in [0.25, 0.3) is 0 Å². The van der Waals surface area contributed by atoms with E-state index in [1.165, 1.54) is 5.56 Å². The van der Waals surface area contributed by atoms with Crippen molar-refractivity contribution in [3.8, 4) is 0 Å². The highest BCUT2D eigenvalue weighted by Crippen LogP contribution is 2.30. The van der Waals surface area contributed by atoms with Crippen LogP contribution in [-0.2, 0) is 16.1 Å². The van der Waals surface area contributed by atoms with Crippen LogP contribution in [0.3, 0.4) is 0 Å². The lowest BCUT2D eigenvalue weighted by Crippen LogP contribution is -2.51. The molecule has 1 aliphatic carbocycles. The Bertz CT molecular complexity index is 1070. The van der Waals surface area contributed by atoms with Crippen molar-refractivity contribution >= 4 is 11.8 Å². The van der Waals surface area contributed by atoms with Gasteiger partial charge in [0.1, 0.15) is 6.04 Å². The zero-order valence-corrected chi connectivity index (χ0v) is 21.5. The van der Waals surface area contributed by atoms with Crippen molar-refractivity contribution in [2.75, 3.05) is 0 Å². The summed E-state index contributed by atoms with van der Waals surface area (Å²) >= 11 is 0. The molecule has 4 heteroatoms. The summed E-state index contributed by atoms with van der Waals surface area (Å²) in [6, 6.07) is 28.4. The summed E-state index contributed by atoms with van der Waals surface area (Å²) in [5.74, 6) is -0.0987. The third kappa shape index (κ3) is 6.63. The largest absolute Gasteiger partial charge is 0.352 e. The van der Waals surface area contributed by atoms with E-state index in [0.29, 0.717) is 19.4 Å². The van der Waals surface area contributed by atoms with Crippen LogP contribution in [0, 0.1) is 6.92 Å². The van der Waals surface area contributed by atoms with Gasteiger partial charge in [0.2, 0.25) is 11.8 Å². The van der Waals surface area contributed by atoms with E-state index in [-0.39, 0.29) is 23.8 Å². The summed E-state index contributed by atoms with van der Waals surface area (Å²) in [7, 11) is 0. The van der Waals surface area contributed by atoms with Crippen molar-refractivity contribution in [3.63, 3.8) is 0 Å². The molecule has 1 fully saturated rings. The highest BCUT2D eigenvalue weighted by molar-refractivity contribution is 5.88. The fourth-order valence-corrected chi connectivity index (χ4v) is 5.27. The summed E-state index contributed by atoms with van der Waals surface area (Å²) < 4.78 is 0. The summed E-state index contributed by atoms with van der Waals surface area (Å²) in [5, 5.41) is 3.24. The summed E-state index contributed by atoms with van der Waals surface area (Å²) in [5.41, 5.74) is 4.43. The minimum Gasteiger partial charge on any atom is -0.352 e. The van der Waals surface area contributed by atoms with Crippen molar-refractivity contribution in [2.45, 2.75) is 76.9 Å². The first kappa shape index (κ1) is 25.7. The number of hydrogen-bond acceptors (Lipinski definition) is 2. The van der Waals surface area contributed by atoms with E-state index in [1.54, 1.807) is 0 Å². The second-order valence-electron chi connectivity index (χ2n) is 10.00. The molecule has 4 nitrogen and oxygen atoms in total. The molecule has 0 unspecified atom stereocenters. The zero-order chi connectivity index (χ0) is 25.3. The molecule has 0 heterocycles. The van der Waals surface area contributed by atoms with Crippen molar-refractivity contribution < 1.29 is 9.59 Å². The third-order valence-corrected chi connectivity index (χ3v) is 7.34.